The van der Waals surface area contributed by atoms with Crippen LogP contribution in [0, 0.1) is 0 Å². The zero-order chi connectivity index (χ0) is 13.9. The van der Waals surface area contributed by atoms with E-state index >= 15 is 0 Å². The van der Waals surface area contributed by atoms with Crippen LogP contribution < -0.4 is 0 Å². The van der Waals surface area contributed by atoms with Gasteiger partial charge in [-0.25, -0.2) is 0 Å². The van der Waals surface area contributed by atoms with E-state index in [-0.39, 0.29) is 5.59 Å². The van der Waals surface area contributed by atoms with Crippen LogP contribution in [-0.2, 0) is 4.74 Å². The number of hydrogen-bond donors (Lipinski definition) is 0. The minimum absolute atomic E-state index is 0.195. The van der Waals surface area contributed by atoms with Gasteiger partial charge >= 0.3 is 0 Å². The number of carbonyl (C=O) groups excluding carboxylic acids is 1. The number of rotatable bonds is 11. The quantitative estimate of drug-likeness (QED) is 0.459. The molecule has 0 aliphatic heterocycles. The van der Waals surface area contributed by atoms with Crippen LogP contribution in [0.25, 0.3) is 0 Å². The highest BCUT2D eigenvalue weighted by Gasteiger charge is 2.40. The summed E-state index contributed by atoms with van der Waals surface area (Å²) in [5, 5.41) is 0. The van der Waals surface area contributed by atoms with Gasteiger partial charge in [0.1, 0.15) is 0 Å². The predicted octanol–water partition coefficient (Wildman–Crippen LogP) is 5.57. The van der Waals surface area contributed by atoms with Crippen LogP contribution in [0.2, 0.25) is 18.1 Å². The molecule has 0 unspecified atom stereocenters. The molecule has 0 amide bonds. The summed E-state index contributed by atoms with van der Waals surface area (Å²) in [6.45, 7) is 9.10. The second kappa shape index (κ2) is 10.6. The van der Waals surface area contributed by atoms with E-state index in [0.29, 0.717) is 6.61 Å². The molecule has 18 heavy (non-hydrogen) atoms. The standard InChI is InChI=1S/C15H32O2Si/c1-5-9-12-18(13-10-6-2,14-11-7-3)15(16)17-8-4/h5-14H2,1-4H3. The van der Waals surface area contributed by atoms with Gasteiger partial charge < -0.3 is 4.74 Å². The lowest BCUT2D eigenvalue weighted by atomic mass is 10.4. The van der Waals surface area contributed by atoms with Crippen molar-refractivity contribution in [1.29, 1.82) is 0 Å². The summed E-state index contributed by atoms with van der Waals surface area (Å²) >= 11 is 0. The van der Waals surface area contributed by atoms with Gasteiger partial charge in [0.05, 0.1) is 6.61 Å². The molecule has 0 bridgehead atoms. The normalized spacial score (nSPS) is 11.6. The van der Waals surface area contributed by atoms with Crippen molar-refractivity contribution in [3.8, 4) is 0 Å². The highest BCUT2D eigenvalue weighted by atomic mass is 28.3. The van der Waals surface area contributed by atoms with Crippen LogP contribution in [0.1, 0.15) is 66.2 Å². The fraction of sp³-hybridized carbons (Fsp3) is 0.933. The molecule has 0 fully saturated rings. The molecule has 0 atom stereocenters. The molecule has 2 nitrogen and oxygen atoms in total. The van der Waals surface area contributed by atoms with Crippen LogP contribution in [0.5, 0.6) is 0 Å². The minimum Gasteiger partial charge on any atom is -0.470 e. The van der Waals surface area contributed by atoms with E-state index in [0.717, 1.165) is 18.1 Å². The molecule has 108 valence electrons. The third kappa shape index (κ3) is 6.03. The average Bonchev–Trinajstić information content (AvgIpc) is 2.38. The molecular weight excluding hydrogens is 240 g/mol. The van der Waals surface area contributed by atoms with E-state index in [9.17, 15) is 4.79 Å². The molecule has 0 aromatic rings. The number of carbonyl (C=O) groups is 1. The van der Waals surface area contributed by atoms with Crippen molar-refractivity contribution >= 4 is 13.7 Å². The fourth-order valence-electron chi connectivity index (χ4n) is 2.51. The monoisotopic (exact) mass is 272 g/mol. The first-order chi connectivity index (χ1) is 8.66. The first kappa shape index (κ1) is 17.7. The van der Waals surface area contributed by atoms with Gasteiger partial charge in [0, 0.05) is 0 Å². The molecule has 0 spiro atoms. The Labute approximate surface area is 115 Å². The molecule has 0 aliphatic rings. The number of hydrogen-bond acceptors (Lipinski definition) is 2. The van der Waals surface area contributed by atoms with Gasteiger partial charge in [0.25, 0.3) is 5.59 Å². The van der Waals surface area contributed by atoms with E-state index in [1.165, 1.54) is 38.5 Å². The Kier molecular flexibility index (Phi) is 10.4. The Morgan fingerprint density at radius 3 is 1.50 bits per heavy atom. The molecule has 0 radical (unpaired) electrons. The smallest absolute Gasteiger partial charge is 0.271 e. The summed E-state index contributed by atoms with van der Waals surface area (Å²) in [6, 6.07) is 3.42. The zero-order valence-corrected chi connectivity index (χ0v) is 13.9. The van der Waals surface area contributed by atoms with Crippen molar-refractivity contribution in [3.05, 3.63) is 0 Å². The van der Waals surface area contributed by atoms with Crippen molar-refractivity contribution in [3.63, 3.8) is 0 Å². The van der Waals surface area contributed by atoms with E-state index < -0.39 is 8.07 Å². The maximum atomic E-state index is 12.4. The molecule has 0 rings (SSSR count). The molecule has 0 N–H and O–H groups in total. The zero-order valence-electron chi connectivity index (χ0n) is 12.9. The van der Waals surface area contributed by atoms with Gasteiger partial charge in [-0.2, -0.15) is 0 Å². The summed E-state index contributed by atoms with van der Waals surface area (Å²) in [6.07, 6.45) is 7.14. The van der Waals surface area contributed by atoms with Crippen LogP contribution in [0.15, 0.2) is 0 Å². The highest BCUT2D eigenvalue weighted by molar-refractivity contribution is 7.04. The molecular formula is C15H32O2Si. The van der Waals surface area contributed by atoms with Crippen LogP contribution in [-0.4, -0.2) is 20.3 Å². The van der Waals surface area contributed by atoms with Gasteiger partial charge in [-0.1, -0.05) is 59.3 Å². The first-order valence-electron chi connectivity index (χ1n) is 7.84. The van der Waals surface area contributed by atoms with Crippen LogP contribution in [0.4, 0.5) is 4.79 Å². The summed E-state index contributed by atoms with van der Waals surface area (Å²) in [7, 11) is -1.84. The molecule has 3 heteroatoms. The van der Waals surface area contributed by atoms with Crippen LogP contribution >= 0.6 is 0 Å². The maximum absolute atomic E-state index is 12.4. The van der Waals surface area contributed by atoms with Gasteiger partial charge in [0.2, 0.25) is 0 Å². The van der Waals surface area contributed by atoms with Gasteiger partial charge in [0.15, 0.2) is 8.07 Å². The van der Waals surface area contributed by atoms with E-state index in [1.54, 1.807) is 0 Å². The Morgan fingerprint density at radius 2 is 1.22 bits per heavy atom. The topological polar surface area (TPSA) is 26.3 Å². The van der Waals surface area contributed by atoms with Crippen molar-refractivity contribution in [2.75, 3.05) is 6.61 Å². The molecule has 0 aromatic heterocycles. The lowest BCUT2D eigenvalue weighted by Crippen LogP contribution is -2.44. The summed E-state index contributed by atoms with van der Waals surface area (Å²) in [4.78, 5) is 12.4. The van der Waals surface area contributed by atoms with Crippen molar-refractivity contribution in [2.45, 2.75) is 84.4 Å². The molecule has 0 heterocycles. The third-order valence-electron chi connectivity index (χ3n) is 3.74. The van der Waals surface area contributed by atoms with Crippen LogP contribution in [0.3, 0.4) is 0 Å². The summed E-state index contributed by atoms with van der Waals surface area (Å²) in [5.41, 5.74) is 0.195. The Hall–Kier alpha value is -0.313. The molecule has 0 aromatic carbocycles. The lowest BCUT2D eigenvalue weighted by molar-refractivity contribution is 0.176. The average molecular weight is 273 g/mol. The van der Waals surface area contributed by atoms with Crippen molar-refractivity contribution < 1.29 is 9.53 Å². The lowest BCUT2D eigenvalue weighted by Gasteiger charge is -2.29. The largest absolute Gasteiger partial charge is 0.470 e. The first-order valence-corrected chi connectivity index (χ1v) is 10.5. The maximum Gasteiger partial charge on any atom is 0.271 e. The number of ether oxygens (including phenoxy) is 1. The van der Waals surface area contributed by atoms with Gasteiger partial charge in [-0.15, -0.1) is 0 Å². The Bertz CT molecular complexity index is 195. The van der Waals surface area contributed by atoms with Gasteiger partial charge in [-0.05, 0) is 25.1 Å². The van der Waals surface area contributed by atoms with Gasteiger partial charge in [-0.3, -0.25) is 4.79 Å². The predicted molar refractivity (Wildman–Crippen MR) is 81.9 cm³/mol. The number of unbranched alkanes of at least 4 members (excludes halogenated alkanes) is 3. The summed E-state index contributed by atoms with van der Waals surface area (Å²) in [5.74, 6) is 0. The summed E-state index contributed by atoms with van der Waals surface area (Å²) < 4.78 is 5.42. The SMILES string of the molecule is CCCC[Si](CCCC)(CCCC)C(=O)OCC. The fourth-order valence-corrected chi connectivity index (χ4v) is 7.41. The molecule has 0 saturated carbocycles. The second-order valence-electron chi connectivity index (χ2n) is 5.31. The minimum atomic E-state index is -1.84. The second-order valence-corrected chi connectivity index (χ2v) is 9.78. The molecule has 0 saturated heterocycles. The van der Waals surface area contributed by atoms with E-state index in [4.69, 9.17) is 4.74 Å². The van der Waals surface area contributed by atoms with E-state index in [1.807, 2.05) is 6.92 Å². The third-order valence-corrected chi connectivity index (χ3v) is 8.68. The Balaban J connectivity index is 4.78. The molecule has 0 aliphatic carbocycles. The van der Waals surface area contributed by atoms with Crippen molar-refractivity contribution in [2.24, 2.45) is 0 Å². The van der Waals surface area contributed by atoms with Crippen molar-refractivity contribution in [1.82, 2.24) is 0 Å². The van der Waals surface area contributed by atoms with E-state index in [2.05, 4.69) is 20.8 Å². The Morgan fingerprint density at radius 1 is 0.833 bits per heavy atom. The highest BCUT2D eigenvalue weighted by Crippen LogP contribution is 2.30.